The van der Waals surface area contributed by atoms with E-state index in [0.717, 1.165) is 21.3 Å². The smallest absolute Gasteiger partial charge is 0.244 e. The lowest BCUT2D eigenvalue weighted by molar-refractivity contribution is -0.120. The van der Waals surface area contributed by atoms with Crippen molar-refractivity contribution in [3.63, 3.8) is 0 Å². The van der Waals surface area contributed by atoms with E-state index in [4.69, 9.17) is 15.2 Å². The van der Waals surface area contributed by atoms with Crippen LogP contribution in [0.15, 0.2) is 41.5 Å². The highest BCUT2D eigenvalue weighted by molar-refractivity contribution is 7.22. The van der Waals surface area contributed by atoms with Crippen LogP contribution in [0, 0.1) is 0 Å². The molecule has 1 heterocycles. The number of nitrogens with zero attached hydrogens (tertiary/aromatic N) is 2. The summed E-state index contributed by atoms with van der Waals surface area (Å²) in [6, 6.07) is 11.0. The van der Waals surface area contributed by atoms with E-state index in [0.29, 0.717) is 16.6 Å². The number of carbonyl (C=O) groups is 1. The molecule has 0 aliphatic carbocycles. The summed E-state index contributed by atoms with van der Waals surface area (Å²) in [5, 5.41) is 4.51. The van der Waals surface area contributed by atoms with Gasteiger partial charge >= 0.3 is 0 Å². The van der Waals surface area contributed by atoms with Gasteiger partial charge in [-0.2, -0.15) is 5.10 Å². The Balaban J connectivity index is 1.63. The lowest BCUT2D eigenvalue weighted by Crippen LogP contribution is -2.19. The first-order chi connectivity index (χ1) is 12.6. The summed E-state index contributed by atoms with van der Waals surface area (Å²) in [5.74, 6) is 1.07. The molecule has 3 rings (SSSR count). The van der Waals surface area contributed by atoms with E-state index >= 15 is 0 Å². The summed E-state index contributed by atoms with van der Waals surface area (Å²) in [4.78, 5) is 16.3. The van der Waals surface area contributed by atoms with Gasteiger partial charge in [0.15, 0.2) is 5.13 Å². The summed E-state index contributed by atoms with van der Waals surface area (Å²) in [5.41, 5.74) is 10.7. The molecule has 0 aliphatic rings. The molecule has 3 N–H and O–H groups in total. The summed E-state index contributed by atoms with van der Waals surface area (Å²) >= 11 is 1.40. The number of hydrogen-bond acceptors (Lipinski definition) is 7. The Hall–Kier alpha value is -3.13. The molecular formula is C18H18N4O3S. The molecule has 8 heteroatoms. The zero-order valence-electron chi connectivity index (χ0n) is 14.4. The lowest BCUT2D eigenvalue weighted by Gasteiger charge is -2.07. The molecule has 0 saturated carbocycles. The Morgan fingerprint density at radius 2 is 2.12 bits per heavy atom. The molecule has 1 aromatic heterocycles. The maximum atomic E-state index is 12.1. The summed E-state index contributed by atoms with van der Waals surface area (Å²) < 4.78 is 11.4. The van der Waals surface area contributed by atoms with E-state index in [2.05, 4.69) is 15.5 Å². The molecule has 0 saturated heterocycles. The number of nitrogen functional groups attached to an aromatic ring is 1. The number of rotatable bonds is 6. The van der Waals surface area contributed by atoms with Crippen LogP contribution in [-0.2, 0) is 11.2 Å². The van der Waals surface area contributed by atoms with Crippen molar-refractivity contribution in [2.75, 3.05) is 20.0 Å². The van der Waals surface area contributed by atoms with Gasteiger partial charge in [-0.25, -0.2) is 10.4 Å². The average Bonchev–Trinajstić information content (AvgIpc) is 3.01. The average molecular weight is 370 g/mol. The number of carbonyl (C=O) groups excluding carboxylic acids is 1. The van der Waals surface area contributed by atoms with Gasteiger partial charge in [0.2, 0.25) is 5.91 Å². The second-order valence-corrected chi connectivity index (χ2v) is 6.49. The molecule has 2 aromatic carbocycles. The lowest BCUT2D eigenvalue weighted by atomic mass is 10.1. The Bertz CT molecular complexity index is 968. The minimum absolute atomic E-state index is 0.213. The van der Waals surface area contributed by atoms with E-state index in [1.165, 1.54) is 17.6 Å². The van der Waals surface area contributed by atoms with Crippen molar-refractivity contribution >= 4 is 38.8 Å². The standard InChI is InChI=1S/C18H18N4O3S/c1-24-13-5-4-12(15(9-13)25-2)10-20-22-17(23)8-11-3-6-14-16(7-11)26-18(19)21-14/h3-7,9-10H,8H2,1-2H3,(H2,19,21)(H,22,23)/b20-10-. The molecule has 0 bridgehead atoms. The third-order valence-electron chi connectivity index (χ3n) is 3.67. The largest absolute Gasteiger partial charge is 0.497 e. The molecule has 0 fully saturated rings. The van der Waals surface area contributed by atoms with Crippen molar-refractivity contribution in [3.05, 3.63) is 47.5 Å². The van der Waals surface area contributed by atoms with Gasteiger partial charge in [0, 0.05) is 11.6 Å². The second kappa shape index (κ2) is 7.83. The highest BCUT2D eigenvalue weighted by Crippen LogP contribution is 2.25. The van der Waals surface area contributed by atoms with Gasteiger partial charge in [-0.3, -0.25) is 4.79 Å². The number of aromatic nitrogens is 1. The first-order valence-corrected chi connectivity index (χ1v) is 8.59. The number of hydrogen-bond donors (Lipinski definition) is 2. The van der Waals surface area contributed by atoms with E-state index in [1.54, 1.807) is 32.4 Å². The van der Waals surface area contributed by atoms with Crippen molar-refractivity contribution in [2.24, 2.45) is 5.10 Å². The molecule has 26 heavy (non-hydrogen) atoms. The van der Waals surface area contributed by atoms with Gasteiger partial charge in [0.1, 0.15) is 11.5 Å². The molecule has 0 spiro atoms. The number of nitrogens with two attached hydrogens (primary N) is 1. The first-order valence-electron chi connectivity index (χ1n) is 7.78. The number of fused-ring (bicyclic) bond motifs is 1. The zero-order chi connectivity index (χ0) is 18.5. The molecule has 0 unspecified atom stereocenters. The van der Waals surface area contributed by atoms with E-state index in [9.17, 15) is 4.79 Å². The first kappa shape index (κ1) is 17.7. The molecule has 1 amide bonds. The summed E-state index contributed by atoms with van der Waals surface area (Å²) in [6.45, 7) is 0. The Labute approximate surface area is 154 Å². The van der Waals surface area contributed by atoms with Crippen molar-refractivity contribution in [3.8, 4) is 11.5 Å². The molecule has 7 nitrogen and oxygen atoms in total. The van der Waals surface area contributed by atoms with Crippen LogP contribution in [0.2, 0.25) is 0 Å². The minimum Gasteiger partial charge on any atom is -0.497 e. The van der Waals surface area contributed by atoms with Crippen LogP contribution in [0.4, 0.5) is 5.13 Å². The predicted molar refractivity (Wildman–Crippen MR) is 103 cm³/mol. The van der Waals surface area contributed by atoms with Crippen LogP contribution in [0.5, 0.6) is 11.5 Å². The zero-order valence-corrected chi connectivity index (χ0v) is 15.2. The number of amides is 1. The van der Waals surface area contributed by atoms with Gasteiger partial charge in [0.25, 0.3) is 0 Å². The monoisotopic (exact) mass is 370 g/mol. The van der Waals surface area contributed by atoms with Crippen LogP contribution >= 0.6 is 11.3 Å². The van der Waals surface area contributed by atoms with Gasteiger partial charge in [-0.1, -0.05) is 17.4 Å². The molecule has 3 aromatic rings. The SMILES string of the molecule is COc1ccc(/C=N\NC(=O)Cc2ccc3nc(N)sc3c2)c(OC)c1. The van der Waals surface area contributed by atoms with E-state index < -0.39 is 0 Å². The van der Waals surface area contributed by atoms with Gasteiger partial charge in [-0.15, -0.1) is 0 Å². The maximum Gasteiger partial charge on any atom is 0.244 e. The van der Waals surface area contributed by atoms with Gasteiger partial charge in [0.05, 0.1) is 37.1 Å². The highest BCUT2D eigenvalue weighted by Gasteiger charge is 2.07. The number of nitrogens with one attached hydrogen (secondary N) is 1. The number of thiazole rings is 1. The van der Waals surface area contributed by atoms with Crippen LogP contribution in [0.25, 0.3) is 10.2 Å². The third-order valence-corrected chi connectivity index (χ3v) is 4.51. The fourth-order valence-electron chi connectivity index (χ4n) is 2.42. The van der Waals surface area contributed by atoms with Crippen molar-refractivity contribution < 1.29 is 14.3 Å². The maximum absolute atomic E-state index is 12.1. The Morgan fingerprint density at radius 3 is 2.88 bits per heavy atom. The number of methoxy groups -OCH3 is 2. The molecule has 0 atom stereocenters. The number of ether oxygens (including phenoxy) is 2. The van der Waals surface area contributed by atoms with Crippen molar-refractivity contribution in [1.29, 1.82) is 0 Å². The second-order valence-electron chi connectivity index (χ2n) is 5.43. The fraction of sp³-hybridized carbons (Fsp3) is 0.167. The Kier molecular flexibility index (Phi) is 5.33. The van der Waals surface area contributed by atoms with Crippen LogP contribution in [-0.4, -0.2) is 31.3 Å². The highest BCUT2D eigenvalue weighted by atomic mass is 32.1. The molecule has 0 aliphatic heterocycles. The molecule has 0 radical (unpaired) electrons. The topological polar surface area (TPSA) is 98.8 Å². The fourth-order valence-corrected chi connectivity index (χ4v) is 3.22. The molecular weight excluding hydrogens is 352 g/mol. The van der Waals surface area contributed by atoms with E-state index in [-0.39, 0.29) is 12.3 Å². The summed E-state index contributed by atoms with van der Waals surface area (Å²) in [6.07, 6.45) is 1.74. The van der Waals surface area contributed by atoms with Crippen molar-refractivity contribution in [1.82, 2.24) is 10.4 Å². The van der Waals surface area contributed by atoms with Crippen LogP contribution < -0.4 is 20.6 Å². The van der Waals surface area contributed by atoms with E-state index in [1.807, 2.05) is 18.2 Å². The Morgan fingerprint density at radius 1 is 1.27 bits per heavy atom. The number of anilines is 1. The summed E-state index contributed by atoms with van der Waals surface area (Å²) in [7, 11) is 3.15. The van der Waals surface area contributed by atoms with Gasteiger partial charge < -0.3 is 15.2 Å². The molecule has 134 valence electrons. The minimum atomic E-state index is -0.217. The third kappa shape index (κ3) is 4.09. The van der Waals surface area contributed by atoms with Gasteiger partial charge in [-0.05, 0) is 29.8 Å². The predicted octanol–water partition coefficient (Wildman–Crippen LogP) is 2.59. The van der Waals surface area contributed by atoms with Crippen LogP contribution in [0.3, 0.4) is 0 Å². The number of benzene rings is 2. The quantitative estimate of drug-likeness (QED) is 0.513. The number of hydrazone groups is 1. The van der Waals surface area contributed by atoms with Crippen molar-refractivity contribution in [2.45, 2.75) is 6.42 Å². The normalized spacial score (nSPS) is 11.0. The van der Waals surface area contributed by atoms with Crippen LogP contribution in [0.1, 0.15) is 11.1 Å².